The van der Waals surface area contributed by atoms with E-state index < -0.39 is 35.1 Å². The zero-order valence-electron chi connectivity index (χ0n) is 29.0. The molecule has 2 fully saturated rings. The van der Waals surface area contributed by atoms with Crippen molar-refractivity contribution in [2.45, 2.75) is 62.8 Å². The second-order valence-electron chi connectivity index (χ2n) is 13.3. The van der Waals surface area contributed by atoms with Crippen molar-refractivity contribution >= 4 is 35.3 Å². The third kappa shape index (κ3) is 7.71. The van der Waals surface area contributed by atoms with Gasteiger partial charge in [-0.15, -0.1) is 0 Å². The van der Waals surface area contributed by atoms with Crippen LogP contribution in [0.5, 0.6) is 0 Å². The lowest BCUT2D eigenvalue weighted by Gasteiger charge is -2.31. The van der Waals surface area contributed by atoms with Crippen molar-refractivity contribution in [1.29, 1.82) is 0 Å². The van der Waals surface area contributed by atoms with Gasteiger partial charge in [-0.3, -0.25) is 19.2 Å². The number of aliphatic hydroxyl groups is 2. The van der Waals surface area contributed by atoms with Crippen molar-refractivity contribution in [1.82, 2.24) is 19.8 Å². The molecule has 52 heavy (non-hydrogen) atoms. The molecular formula is C40H40N6O6. The van der Waals surface area contributed by atoms with Gasteiger partial charge in [0.2, 0.25) is 11.8 Å². The highest BCUT2D eigenvalue weighted by molar-refractivity contribution is 5.99. The van der Waals surface area contributed by atoms with Gasteiger partial charge >= 0.3 is 0 Å². The van der Waals surface area contributed by atoms with Crippen LogP contribution in [0.25, 0.3) is 0 Å². The summed E-state index contributed by atoms with van der Waals surface area (Å²) >= 11 is 0. The second-order valence-corrected chi connectivity index (χ2v) is 13.3. The van der Waals surface area contributed by atoms with Gasteiger partial charge in [-0.2, -0.15) is 0 Å². The first-order valence-corrected chi connectivity index (χ1v) is 17.2. The molecule has 2 aliphatic heterocycles. The molecule has 0 unspecified atom stereocenters. The van der Waals surface area contributed by atoms with E-state index in [0.717, 1.165) is 0 Å². The standard InChI is InChI=1S/C40H40N6O6/c1-39(51,29-11-5-3-6-12-29)37(49)45-23-9-15-31(45)35(47)43-33-21-19-27(25-41-33)17-18-28-20-22-34(42-26-28)44-36(48)32-16-10-24-46(32)38(50)40(2,52)30-13-7-4-8-14-30/h3-8,11-14,19-22,25-26,31-32,51-52H,9-10,15-16,23-24H2,1-2H3,(H,41,43,47)(H,42,44,48)/t31-,32-,39-,40-/m0/s1. The molecule has 2 saturated heterocycles. The van der Waals surface area contributed by atoms with Crippen LogP contribution in [0.15, 0.2) is 97.3 Å². The van der Waals surface area contributed by atoms with E-state index in [1.54, 1.807) is 84.9 Å². The van der Waals surface area contributed by atoms with Crippen molar-refractivity contribution in [2.24, 2.45) is 0 Å². The minimum absolute atomic E-state index is 0.303. The molecule has 4 aromatic rings. The molecule has 12 heteroatoms. The Kier molecular flexibility index (Phi) is 10.5. The van der Waals surface area contributed by atoms with Gasteiger partial charge in [0.1, 0.15) is 23.7 Å². The Morgan fingerprint density at radius 1 is 0.635 bits per heavy atom. The Balaban J connectivity index is 1.03. The number of hydrogen-bond donors (Lipinski definition) is 4. The van der Waals surface area contributed by atoms with Crippen LogP contribution in [-0.2, 0) is 30.4 Å². The maximum Gasteiger partial charge on any atom is 0.259 e. The summed E-state index contributed by atoms with van der Waals surface area (Å²) in [5, 5.41) is 27.6. The third-order valence-corrected chi connectivity index (χ3v) is 9.52. The number of rotatable bonds is 8. The topological polar surface area (TPSA) is 165 Å². The van der Waals surface area contributed by atoms with E-state index in [-0.39, 0.29) is 11.8 Å². The fourth-order valence-corrected chi connectivity index (χ4v) is 6.54. The summed E-state index contributed by atoms with van der Waals surface area (Å²) in [5.41, 5.74) is -1.44. The number of amides is 4. The van der Waals surface area contributed by atoms with Crippen LogP contribution >= 0.6 is 0 Å². The molecule has 4 N–H and O–H groups in total. The first-order valence-electron chi connectivity index (χ1n) is 17.2. The van der Waals surface area contributed by atoms with Gasteiger partial charge < -0.3 is 30.6 Å². The van der Waals surface area contributed by atoms with Crippen LogP contribution < -0.4 is 10.6 Å². The normalized spacial score (nSPS) is 19.1. The largest absolute Gasteiger partial charge is 0.376 e. The molecule has 266 valence electrons. The Labute approximate surface area is 301 Å². The predicted octanol–water partition coefficient (Wildman–Crippen LogP) is 3.55. The van der Waals surface area contributed by atoms with E-state index in [2.05, 4.69) is 32.4 Å². The average molecular weight is 701 g/mol. The summed E-state index contributed by atoms with van der Waals surface area (Å²) < 4.78 is 0. The number of pyridine rings is 2. The van der Waals surface area contributed by atoms with Crippen molar-refractivity contribution in [3.63, 3.8) is 0 Å². The SMILES string of the molecule is C[C@@](O)(C(=O)N1CCC[C@H]1C(=O)Nc1ccc(C#Cc2ccc(NC(=O)[C@@H]3CCCN3C(=O)[C@@](C)(O)c3ccccc3)nc2)cn1)c1ccccc1. The van der Waals surface area contributed by atoms with Crippen LogP contribution in [0.1, 0.15) is 61.8 Å². The van der Waals surface area contributed by atoms with Crippen LogP contribution in [0.4, 0.5) is 11.6 Å². The summed E-state index contributed by atoms with van der Waals surface area (Å²) in [4.78, 5) is 64.5. The number of anilines is 2. The lowest BCUT2D eigenvalue weighted by molar-refractivity contribution is -0.153. The number of benzene rings is 2. The van der Waals surface area contributed by atoms with Crippen molar-refractivity contribution < 1.29 is 29.4 Å². The second kappa shape index (κ2) is 15.1. The van der Waals surface area contributed by atoms with Crippen LogP contribution in [-0.4, -0.2) is 78.8 Å². The van der Waals surface area contributed by atoms with E-state index in [9.17, 15) is 29.4 Å². The molecule has 4 atom stereocenters. The minimum atomic E-state index is -1.77. The number of carbonyl (C=O) groups excluding carboxylic acids is 4. The van der Waals surface area contributed by atoms with E-state index in [0.29, 0.717) is 72.7 Å². The van der Waals surface area contributed by atoms with E-state index in [4.69, 9.17) is 0 Å². The molecule has 2 aliphatic rings. The molecule has 2 aromatic carbocycles. The highest BCUT2D eigenvalue weighted by Crippen LogP contribution is 2.30. The van der Waals surface area contributed by atoms with E-state index >= 15 is 0 Å². The summed E-state index contributed by atoms with van der Waals surface area (Å²) in [6.07, 6.45) is 5.26. The lowest BCUT2D eigenvalue weighted by atomic mass is 9.94. The minimum Gasteiger partial charge on any atom is -0.376 e. The molecule has 2 aromatic heterocycles. The molecule has 0 aliphatic carbocycles. The maximum absolute atomic E-state index is 13.3. The zero-order valence-corrected chi connectivity index (χ0v) is 29.0. The lowest BCUT2D eigenvalue weighted by Crippen LogP contribution is -2.50. The Bertz CT molecular complexity index is 1850. The smallest absolute Gasteiger partial charge is 0.259 e. The van der Waals surface area contributed by atoms with Gasteiger partial charge in [0.05, 0.1) is 0 Å². The number of carbonyl (C=O) groups is 4. The monoisotopic (exact) mass is 700 g/mol. The molecule has 0 spiro atoms. The van der Waals surface area contributed by atoms with Crippen molar-refractivity contribution in [3.8, 4) is 11.8 Å². The highest BCUT2D eigenvalue weighted by Gasteiger charge is 2.44. The van der Waals surface area contributed by atoms with Crippen LogP contribution in [0.3, 0.4) is 0 Å². The molecule has 6 rings (SSSR count). The van der Waals surface area contributed by atoms with Crippen LogP contribution in [0, 0.1) is 11.8 Å². The molecule has 0 bridgehead atoms. The predicted molar refractivity (Wildman–Crippen MR) is 193 cm³/mol. The molecule has 4 amide bonds. The summed E-state index contributed by atoms with van der Waals surface area (Å²) in [6.45, 7) is 3.61. The van der Waals surface area contributed by atoms with Gasteiger partial charge in [-0.05, 0) is 74.9 Å². The van der Waals surface area contributed by atoms with Gasteiger partial charge in [0, 0.05) is 36.6 Å². The van der Waals surface area contributed by atoms with Crippen molar-refractivity contribution in [3.05, 3.63) is 120 Å². The first kappa shape index (κ1) is 35.9. The molecule has 0 radical (unpaired) electrons. The maximum atomic E-state index is 13.3. The van der Waals surface area contributed by atoms with E-state index in [1.165, 1.54) is 36.0 Å². The molecule has 12 nitrogen and oxygen atoms in total. The molecule has 0 saturated carbocycles. The van der Waals surface area contributed by atoms with Gasteiger partial charge in [-0.25, -0.2) is 9.97 Å². The Morgan fingerprint density at radius 3 is 1.37 bits per heavy atom. The fourth-order valence-electron chi connectivity index (χ4n) is 6.54. The summed E-state index contributed by atoms with van der Waals surface area (Å²) in [7, 11) is 0. The molecular weight excluding hydrogens is 660 g/mol. The number of nitrogens with one attached hydrogen (secondary N) is 2. The summed E-state index contributed by atoms with van der Waals surface area (Å²) in [6, 6.07) is 22.5. The summed E-state index contributed by atoms with van der Waals surface area (Å²) in [5.74, 6) is 4.79. The van der Waals surface area contributed by atoms with Gasteiger partial charge in [-0.1, -0.05) is 72.5 Å². The quantitative estimate of drug-likeness (QED) is 0.203. The highest BCUT2D eigenvalue weighted by atomic mass is 16.3. The van der Waals surface area contributed by atoms with Gasteiger partial charge in [0.15, 0.2) is 11.2 Å². The van der Waals surface area contributed by atoms with Crippen molar-refractivity contribution in [2.75, 3.05) is 23.7 Å². The Morgan fingerprint density at radius 2 is 1.02 bits per heavy atom. The number of aromatic nitrogens is 2. The van der Waals surface area contributed by atoms with Crippen LogP contribution in [0.2, 0.25) is 0 Å². The first-order chi connectivity index (χ1) is 24.9. The number of hydrogen-bond acceptors (Lipinski definition) is 8. The average Bonchev–Trinajstić information content (AvgIpc) is 3.86. The van der Waals surface area contributed by atoms with Gasteiger partial charge in [0.25, 0.3) is 11.8 Å². The van der Waals surface area contributed by atoms with E-state index in [1.807, 2.05) is 0 Å². The number of nitrogens with zero attached hydrogens (tertiary/aromatic N) is 4. The number of likely N-dealkylation sites (tertiary alicyclic amines) is 2. The third-order valence-electron chi connectivity index (χ3n) is 9.52. The Hall–Kier alpha value is -5.90. The molecule has 4 heterocycles. The zero-order chi connectivity index (χ0) is 36.9. The fraction of sp³-hybridized carbons (Fsp3) is 0.300.